The predicted octanol–water partition coefficient (Wildman–Crippen LogP) is 5.59. The largest absolute Gasteiger partial charge is 0.397 e. The van der Waals surface area contributed by atoms with Crippen LogP contribution < -0.4 is 0 Å². The highest BCUT2D eigenvalue weighted by Crippen LogP contribution is 2.21. The third-order valence-electron chi connectivity index (χ3n) is 3.89. The van der Waals surface area contributed by atoms with E-state index in [-0.39, 0.29) is 0 Å². The molecule has 0 aliphatic carbocycles. The summed E-state index contributed by atoms with van der Waals surface area (Å²) < 4.78 is 11.6. The standard InChI is InChI=1S/C17H38O2Si/c1-5-8-9-10-11-12-13-14-15-16-17(4)20(18-6-2)19-7-3/h17,20H,5-16H2,1-4H3. The van der Waals surface area contributed by atoms with E-state index in [0.29, 0.717) is 5.54 Å². The molecule has 0 aromatic carbocycles. The molecule has 0 saturated heterocycles. The molecule has 0 heterocycles. The molecule has 2 nitrogen and oxygen atoms in total. The molecule has 0 aliphatic rings. The topological polar surface area (TPSA) is 18.5 Å². The molecule has 0 bridgehead atoms. The Bertz CT molecular complexity index is 182. The molecule has 3 heteroatoms. The normalized spacial score (nSPS) is 13.1. The fourth-order valence-electron chi connectivity index (χ4n) is 2.62. The quantitative estimate of drug-likeness (QED) is 0.290. The molecule has 0 N–H and O–H groups in total. The minimum atomic E-state index is -1.41. The molecule has 0 fully saturated rings. The maximum absolute atomic E-state index is 5.79. The first-order chi connectivity index (χ1) is 9.76. The van der Waals surface area contributed by atoms with Crippen molar-refractivity contribution in [2.45, 2.75) is 97.4 Å². The van der Waals surface area contributed by atoms with E-state index in [0.717, 1.165) is 13.2 Å². The minimum absolute atomic E-state index is 0.652. The highest BCUT2D eigenvalue weighted by atomic mass is 28.3. The van der Waals surface area contributed by atoms with Crippen LogP contribution in [0.5, 0.6) is 0 Å². The molecular formula is C17H38O2Si. The number of unbranched alkanes of at least 4 members (excludes halogenated alkanes) is 8. The number of hydrogen-bond donors (Lipinski definition) is 0. The van der Waals surface area contributed by atoms with Crippen molar-refractivity contribution in [1.29, 1.82) is 0 Å². The van der Waals surface area contributed by atoms with Gasteiger partial charge in [-0.05, 0) is 25.8 Å². The van der Waals surface area contributed by atoms with Crippen molar-refractivity contribution < 1.29 is 8.85 Å². The van der Waals surface area contributed by atoms with Gasteiger partial charge in [0.1, 0.15) is 0 Å². The fraction of sp³-hybridized carbons (Fsp3) is 1.00. The van der Waals surface area contributed by atoms with Gasteiger partial charge in [0.05, 0.1) is 0 Å². The first-order valence-electron chi connectivity index (χ1n) is 8.99. The maximum atomic E-state index is 5.79. The summed E-state index contributed by atoms with van der Waals surface area (Å²) >= 11 is 0. The van der Waals surface area contributed by atoms with Crippen molar-refractivity contribution >= 4 is 9.28 Å². The van der Waals surface area contributed by atoms with Gasteiger partial charge in [0.15, 0.2) is 0 Å². The Balaban J connectivity index is 3.43. The van der Waals surface area contributed by atoms with Gasteiger partial charge in [0.2, 0.25) is 0 Å². The Morgan fingerprint density at radius 2 is 1.15 bits per heavy atom. The van der Waals surface area contributed by atoms with E-state index in [1.807, 2.05) is 0 Å². The zero-order valence-electron chi connectivity index (χ0n) is 14.5. The molecule has 0 rings (SSSR count). The molecule has 1 atom stereocenters. The molecule has 0 aromatic heterocycles. The zero-order valence-corrected chi connectivity index (χ0v) is 15.6. The van der Waals surface area contributed by atoms with E-state index in [1.54, 1.807) is 0 Å². The van der Waals surface area contributed by atoms with Crippen LogP contribution in [0.2, 0.25) is 5.54 Å². The Kier molecular flexibility index (Phi) is 15.6. The summed E-state index contributed by atoms with van der Waals surface area (Å²) in [6, 6.07) is 0. The van der Waals surface area contributed by atoms with E-state index < -0.39 is 9.28 Å². The van der Waals surface area contributed by atoms with Gasteiger partial charge in [-0.3, -0.25) is 0 Å². The van der Waals surface area contributed by atoms with E-state index in [2.05, 4.69) is 27.7 Å². The molecule has 0 saturated carbocycles. The molecule has 0 spiro atoms. The summed E-state index contributed by atoms with van der Waals surface area (Å²) in [6.45, 7) is 10.3. The first kappa shape index (κ1) is 20.1. The maximum Gasteiger partial charge on any atom is 0.324 e. The van der Waals surface area contributed by atoms with Crippen molar-refractivity contribution in [2.24, 2.45) is 0 Å². The second-order valence-electron chi connectivity index (χ2n) is 5.87. The van der Waals surface area contributed by atoms with Crippen LogP contribution in [0.1, 0.15) is 91.9 Å². The average Bonchev–Trinajstić information content (AvgIpc) is 2.45. The number of rotatable bonds is 15. The second kappa shape index (κ2) is 15.5. The van der Waals surface area contributed by atoms with Gasteiger partial charge in [0.25, 0.3) is 0 Å². The number of hydrogen-bond acceptors (Lipinski definition) is 2. The van der Waals surface area contributed by atoms with Gasteiger partial charge in [-0.2, -0.15) is 0 Å². The van der Waals surface area contributed by atoms with E-state index in [1.165, 1.54) is 64.2 Å². The van der Waals surface area contributed by atoms with Gasteiger partial charge in [-0.25, -0.2) is 0 Å². The van der Waals surface area contributed by atoms with Gasteiger partial charge in [-0.1, -0.05) is 71.6 Å². The van der Waals surface area contributed by atoms with E-state index in [4.69, 9.17) is 8.85 Å². The lowest BCUT2D eigenvalue weighted by molar-refractivity contribution is 0.203. The summed E-state index contributed by atoms with van der Waals surface area (Å²) in [5.74, 6) is 0. The molecular weight excluding hydrogens is 264 g/mol. The summed E-state index contributed by atoms with van der Waals surface area (Å²) in [5, 5.41) is 0. The van der Waals surface area contributed by atoms with Crippen LogP contribution in [-0.2, 0) is 8.85 Å². The smallest absolute Gasteiger partial charge is 0.324 e. The fourth-order valence-corrected chi connectivity index (χ4v) is 4.54. The van der Waals surface area contributed by atoms with Crippen LogP contribution in [0.3, 0.4) is 0 Å². The van der Waals surface area contributed by atoms with Crippen LogP contribution in [0.4, 0.5) is 0 Å². The summed E-state index contributed by atoms with van der Waals surface area (Å²) in [7, 11) is -1.41. The van der Waals surface area contributed by atoms with Crippen molar-refractivity contribution in [3.05, 3.63) is 0 Å². The van der Waals surface area contributed by atoms with Crippen molar-refractivity contribution in [1.82, 2.24) is 0 Å². The molecule has 0 aliphatic heterocycles. The van der Waals surface area contributed by atoms with Gasteiger partial charge in [0, 0.05) is 13.2 Å². The van der Waals surface area contributed by atoms with Crippen molar-refractivity contribution in [2.75, 3.05) is 13.2 Å². The van der Waals surface area contributed by atoms with Gasteiger partial charge < -0.3 is 8.85 Å². The monoisotopic (exact) mass is 302 g/mol. The molecule has 1 unspecified atom stereocenters. The van der Waals surface area contributed by atoms with Gasteiger partial charge in [-0.15, -0.1) is 0 Å². The SMILES string of the molecule is CCCCCCCCCCCC(C)[SiH](OCC)OCC. The molecule has 122 valence electrons. The second-order valence-corrected chi connectivity index (χ2v) is 8.41. The van der Waals surface area contributed by atoms with Crippen LogP contribution in [-0.4, -0.2) is 22.5 Å². The Hall–Kier alpha value is 0.137. The third-order valence-corrected chi connectivity index (χ3v) is 6.48. The third kappa shape index (κ3) is 11.9. The lowest BCUT2D eigenvalue weighted by Crippen LogP contribution is -2.27. The lowest BCUT2D eigenvalue weighted by Gasteiger charge is -2.21. The predicted molar refractivity (Wildman–Crippen MR) is 91.7 cm³/mol. The van der Waals surface area contributed by atoms with Crippen molar-refractivity contribution in [3.63, 3.8) is 0 Å². The van der Waals surface area contributed by atoms with E-state index in [9.17, 15) is 0 Å². The Labute approximate surface area is 129 Å². The van der Waals surface area contributed by atoms with Crippen molar-refractivity contribution in [3.8, 4) is 0 Å². The Morgan fingerprint density at radius 1 is 0.700 bits per heavy atom. The van der Waals surface area contributed by atoms with Gasteiger partial charge >= 0.3 is 9.28 Å². The summed E-state index contributed by atoms with van der Waals surface area (Å²) in [5.41, 5.74) is 0.652. The van der Waals surface area contributed by atoms with Crippen LogP contribution in [0.25, 0.3) is 0 Å². The minimum Gasteiger partial charge on any atom is -0.397 e. The first-order valence-corrected chi connectivity index (χ1v) is 10.6. The zero-order chi connectivity index (χ0) is 15.1. The highest BCUT2D eigenvalue weighted by Gasteiger charge is 2.20. The molecule has 0 amide bonds. The summed E-state index contributed by atoms with van der Waals surface area (Å²) in [6.07, 6.45) is 13.9. The molecule has 0 radical (unpaired) electrons. The summed E-state index contributed by atoms with van der Waals surface area (Å²) in [4.78, 5) is 0. The molecule has 20 heavy (non-hydrogen) atoms. The van der Waals surface area contributed by atoms with E-state index >= 15 is 0 Å². The highest BCUT2D eigenvalue weighted by molar-refractivity contribution is 6.46. The van der Waals surface area contributed by atoms with Crippen LogP contribution >= 0.6 is 0 Å². The van der Waals surface area contributed by atoms with Crippen LogP contribution in [0, 0.1) is 0 Å². The molecule has 0 aromatic rings. The average molecular weight is 303 g/mol. The lowest BCUT2D eigenvalue weighted by atomic mass is 10.1. The Morgan fingerprint density at radius 3 is 1.60 bits per heavy atom. The van der Waals surface area contributed by atoms with Crippen LogP contribution in [0.15, 0.2) is 0 Å².